The van der Waals surface area contributed by atoms with E-state index in [2.05, 4.69) is 35.1 Å². The van der Waals surface area contributed by atoms with Crippen molar-refractivity contribution in [2.24, 2.45) is 11.3 Å². The molecule has 0 amide bonds. The largest absolute Gasteiger partial charge is 0.478 e. The Morgan fingerprint density at radius 3 is 2.62 bits per heavy atom. The minimum atomic E-state index is -0.880. The highest BCUT2D eigenvalue weighted by molar-refractivity contribution is 9.10. The molecule has 0 heterocycles. The Labute approximate surface area is 135 Å². The van der Waals surface area contributed by atoms with Crippen molar-refractivity contribution in [3.05, 3.63) is 28.2 Å². The van der Waals surface area contributed by atoms with Crippen molar-refractivity contribution >= 4 is 27.6 Å². The molecule has 0 atom stereocenters. The van der Waals surface area contributed by atoms with Crippen molar-refractivity contribution < 1.29 is 9.90 Å². The van der Waals surface area contributed by atoms with E-state index in [1.165, 1.54) is 32.1 Å². The Hall–Kier alpha value is -1.03. The monoisotopic (exact) mass is 353 g/mol. The van der Waals surface area contributed by atoms with E-state index < -0.39 is 5.97 Å². The van der Waals surface area contributed by atoms with E-state index in [1.807, 2.05) is 6.07 Å². The van der Waals surface area contributed by atoms with Gasteiger partial charge in [-0.05, 0) is 48.8 Å². The molecule has 0 aromatic heterocycles. The number of carbonyl (C=O) groups is 1. The van der Waals surface area contributed by atoms with Gasteiger partial charge in [-0.15, -0.1) is 0 Å². The molecule has 1 aliphatic rings. The fraction of sp³-hybridized carbons (Fsp3) is 0.588. The number of aromatic carboxylic acids is 1. The lowest BCUT2D eigenvalue weighted by molar-refractivity contribution is 0.0697. The zero-order chi connectivity index (χ0) is 15.5. The summed E-state index contributed by atoms with van der Waals surface area (Å²) < 4.78 is 0.902. The van der Waals surface area contributed by atoms with Crippen LogP contribution in [0.2, 0.25) is 0 Å². The standard InChI is InChI=1S/C17H24BrNO2/c1-12(2)10-17(7-3-4-8-17)11-19-15-9-13(18)5-6-14(15)16(20)21/h5-6,9,12,19H,3-4,7-8,10-11H2,1-2H3,(H,20,21). The molecular weight excluding hydrogens is 330 g/mol. The van der Waals surface area contributed by atoms with Gasteiger partial charge in [0.15, 0.2) is 0 Å². The molecule has 1 aliphatic carbocycles. The molecule has 21 heavy (non-hydrogen) atoms. The summed E-state index contributed by atoms with van der Waals surface area (Å²) in [5, 5.41) is 12.7. The van der Waals surface area contributed by atoms with E-state index in [0.717, 1.165) is 11.0 Å². The van der Waals surface area contributed by atoms with Gasteiger partial charge < -0.3 is 10.4 Å². The molecule has 0 unspecified atom stereocenters. The van der Waals surface area contributed by atoms with Gasteiger partial charge in [0.2, 0.25) is 0 Å². The van der Waals surface area contributed by atoms with Gasteiger partial charge in [0.25, 0.3) is 0 Å². The zero-order valence-corrected chi connectivity index (χ0v) is 14.4. The highest BCUT2D eigenvalue weighted by Gasteiger charge is 2.34. The smallest absolute Gasteiger partial charge is 0.337 e. The maximum atomic E-state index is 11.3. The molecule has 1 saturated carbocycles. The summed E-state index contributed by atoms with van der Waals surface area (Å²) in [7, 11) is 0. The fourth-order valence-electron chi connectivity index (χ4n) is 3.58. The molecule has 0 spiro atoms. The summed E-state index contributed by atoms with van der Waals surface area (Å²) in [5.74, 6) is -0.208. The summed E-state index contributed by atoms with van der Waals surface area (Å²) in [6.07, 6.45) is 6.27. The van der Waals surface area contributed by atoms with Crippen LogP contribution >= 0.6 is 15.9 Å². The number of hydrogen-bond donors (Lipinski definition) is 2. The maximum absolute atomic E-state index is 11.3. The average Bonchev–Trinajstić information content (AvgIpc) is 2.84. The van der Waals surface area contributed by atoms with Gasteiger partial charge in [0, 0.05) is 16.7 Å². The summed E-state index contributed by atoms with van der Waals surface area (Å²) in [6, 6.07) is 5.29. The molecule has 0 saturated heterocycles. The second-order valence-electron chi connectivity index (χ2n) is 6.65. The van der Waals surface area contributed by atoms with Crippen LogP contribution in [0.1, 0.15) is 56.3 Å². The van der Waals surface area contributed by atoms with Crippen LogP contribution in [0.4, 0.5) is 5.69 Å². The van der Waals surface area contributed by atoms with E-state index in [4.69, 9.17) is 0 Å². The van der Waals surface area contributed by atoms with Crippen LogP contribution < -0.4 is 5.32 Å². The number of benzene rings is 1. The molecule has 4 heteroatoms. The second-order valence-corrected chi connectivity index (χ2v) is 7.57. The number of carboxylic acid groups (broad SMARTS) is 1. The molecule has 3 nitrogen and oxygen atoms in total. The van der Waals surface area contributed by atoms with Gasteiger partial charge in [-0.25, -0.2) is 4.79 Å². The van der Waals surface area contributed by atoms with Crippen LogP contribution in [0.25, 0.3) is 0 Å². The lowest BCUT2D eigenvalue weighted by Gasteiger charge is -2.32. The van der Waals surface area contributed by atoms with Gasteiger partial charge >= 0.3 is 5.97 Å². The number of nitrogens with one attached hydrogen (secondary N) is 1. The molecule has 1 fully saturated rings. The minimum Gasteiger partial charge on any atom is -0.478 e. The van der Waals surface area contributed by atoms with E-state index in [9.17, 15) is 9.90 Å². The fourth-order valence-corrected chi connectivity index (χ4v) is 3.94. The number of anilines is 1. The van der Waals surface area contributed by atoms with Crippen molar-refractivity contribution in [2.75, 3.05) is 11.9 Å². The molecular formula is C17H24BrNO2. The van der Waals surface area contributed by atoms with Crippen molar-refractivity contribution in [3.8, 4) is 0 Å². The second kappa shape index (κ2) is 6.82. The van der Waals surface area contributed by atoms with Crippen molar-refractivity contribution in [2.45, 2.75) is 46.0 Å². The topological polar surface area (TPSA) is 49.3 Å². The molecule has 1 aromatic carbocycles. The van der Waals surface area contributed by atoms with Gasteiger partial charge in [-0.3, -0.25) is 0 Å². The van der Waals surface area contributed by atoms with Crippen molar-refractivity contribution in [1.82, 2.24) is 0 Å². The molecule has 0 aliphatic heterocycles. The number of rotatable bonds is 6. The van der Waals surface area contributed by atoms with Crippen LogP contribution in [0.15, 0.2) is 22.7 Å². The van der Waals surface area contributed by atoms with Crippen molar-refractivity contribution in [1.29, 1.82) is 0 Å². The molecule has 2 N–H and O–H groups in total. The van der Waals surface area contributed by atoms with Gasteiger partial charge in [0.05, 0.1) is 5.56 Å². The summed E-state index contributed by atoms with van der Waals surface area (Å²) in [6.45, 7) is 5.39. The average molecular weight is 354 g/mol. The lowest BCUT2D eigenvalue weighted by atomic mass is 9.78. The zero-order valence-electron chi connectivity index (χ0n) is 12.8. The van der Waals surface area contributed by atoms with Crippen LogP contribution in [0.3, 0.4) is 0 Å². The normalized spacial score (nSPS) is 17.1. The Morgan fingerprint density at radius 1 is 1.38 bits per heavy atom. The Bertz CT molecular complexity index is 508. The predicted octanol–water partition coefficient (Wildman–Crippen LogP) is 5.17. The van der Waals surface area contributed by atoms with Crippen LogP contribution in [-0.4, -0.2) is 17.6 Å². The highest BCUT2D eigenvalue weighted by Crippen LogP contribution is 2.43. The third-order valence-corrected chi connectivity index (χ3v) is 4.86. The van der Waals surface area contributed by atoms with Crippen molar-refractivity contribution in [3.63, 3.8) is 0 Å². The first-order valence-corrected chi connectivity index (χ1v) is 8.48. The summed E-state index contributed by atoms with van der Waals surface area (Å²) in [4.78, 5) is 11.3. The lowest BCUT2D eigenvalue weighted by Crippen LogP contribution is -2.29. The maximum Gasteiger partial charge on any atom is 0.337 e. The Kier molecular flexibility index (Phi) is 5.31. The first-order valence-electron chi connectivity index (χ1n) is 7.69. The molecule has 1 aromatic rings. The van der Waals surface area contributed by atoms with E-state index in [1.54, 1.807) is 12.1 Å². The SMILES string of the molecule is CC(C)CC1(CNc2cc(Br)ccc2C(=O)O)CCCC1. The molecule has 0 radical (unpaired) electrons. The van der Waals surface area contributed by atoms with Crippen LogP contribution in [0.5, 0.6) is 0 Å². The minimum absolute atomic E-state index is 0.326. The third-order valence-electron chi connectivity index (χ3n) is 4.37. The van der Waals surface area contributed by atoms with Gasteiger partial charge in [0.1, 0.15) is 0 Å². The first kappa shape index (κ1) is 16.3. The number of halogens is 1. The van der Waals surface area contributed by atoms with Crippen LogP contribution in [-0.2, 0) is 0 Å². The van der Waals surface area contributed by atoms with Gasteiger partial charge in [-0.2, -0.15) is 0 Å². The quantitative estimate of drug-likeness (QED) is 0.741. The summed E-state index contributed by atoms with van der Waals surface area (Å²) in [5.41, 5.74) is 1.38. The van der Waals surface area contributed by atoms with E-state index in [0.29, 0.717) is 22.6 Å². The molecule has 2 rings (SSSR count). The Morgan fingerprint density at radius 2 is 2.05 bits per heavy atom. The molecule has 0 bridgehead atoms. The predicted molar refractivity (Wildman–Crippen MR) is 89.9 cm³/mol. The van der Waals surface area contributed by atoms with E-state index >= 15 is 0 Å². The molecule has 116 valence electrons. The van der Waals surface area contributed by atoms with Crippen LogP contribution in [0, 0.1) is 11.3 Å². The third kappa shape index (κ3) is 4.22. The summed E-state index contributed by atoms with van der Waals surface area (Å²) >= 11 is 3.42. The first-order chi connectivity index (χ1) is 9.92. The highest BCUT2D eigenvalue weighted by atomic mass is 79.9. The van der Waals surface area contributed by atoms with Gasteiger partial charge in [-0.1, -0.05) is 42.6 Å². The number of carboxylic acids is 1. The Balaban J connectivity index is 2.14. The number of hydrogen-bond acceptors (Lipinski definition) is 2. The van der Waals surface area contributed by atoms with E-state index in [-0.39, 0.29) is 0 Å².